The summed E-state index contributed by atoms with van der Waals surface area (Å²) in [6.45, 7) is 8.44. The molecule has 6 heteroatoms. The first kappa shape index (κ1) is 21.4. The first-order valence-corrected chi connectivity index (χ1v) is 9.68. The van der Waals surface area contributed by atoms with Crippen LogP contribution in [0.15, 0.2) is 35.3 Å². The van der Waals surface area contributed by atoms with E-state index < -0.39 is 0 Å². The van der Waals surface area contributed by atoms with E-state index >= 15 is 0 Å². The number of hydrogen-bond donors (Lipinski definition) is 2. The Labute approximate surface area is 175 Å². The molecule has 5 nitrogen and oxygen atoms in total. The first-order chi connectivity index (χ1) is 12.3. The molecule has 1 aromatic rings. The fourth-order valence-electron chi connectivity index (χ4n) is 3.58. The predicted molar refractivity (Wildman–Crippen MR) is 118 cm³/mol. The zero-order chi connectivity index (χ0) is 17.5. The highest BCUT2D eigenvalue weighted by Crippen LogP contribution is 2.33. The third-order valence-electron chi connectivity index (χ3n) is 4.94. The van der Waals surface area contributed by atoms with E-state index in [2.05, 4.69) is 46.5 Å². The molecule has 2 unspecified atom stereocenters. The molecule has 0 bridgehead atoms. The SMILES string of the molecule is CCNC(=NCCOCc1ccccc1)NC1CC(C)N(C2CC2)C1.I. The summed E-state index contributed by atoms with van der Waals surface area (Å²) in [5, 5.41) is 6.97. The Bertz CT molecular complexity index is 550. The van der Waals surface area contributed by atoms with Crippen molar-refractivity contribution in [1.82, 2.24) is 15.5 Å². The molecule has 146 valence electrons. The molecule has 0 aromatic heterocycles. The lowest BCUT2D eigenvalue weighted by molar-refractivity contribution is 0.128. The van der Waals surface area contributed by atoms with E-state index in [9.17, 15) is 0 Å². The van der Waals surface area contributed by atoms with Gasteiger partial charge in [0.15, 0.2) is 5.96 Å². The van der Waals surface area contributed by atoms with Gasteiger partial charge in [-0.3, -0.25) is 9.89 Å². The van der Waals surface area contributed by atoms with E-state index in [-0.39, 0.29) is 24.0 Å². The van der Waals surface area contributed by atoms with Gasteiger partial charge in [-0.2, -0.15) is 0 Å². The van der Waals surface area contributed by atoms with Crippen molar-refractivity contribution in [3.63, 3.8) is 0 Å². The molecule has 26 heavy (non-hydrogen) atoms. The third-order valence-corrected chi connectivity index (χ3v) is 4.94. The van der Waals surface area contributed by atoms with E-state index in [0.29, 0.717) is 31.8 Å². The van der Waals surface area contributed by atoms with Crippen molar-refractivity contribution in [3.05, 3.63) is 35.9 Å². The van der Waals surface area contributed by atoms with Crippen LogP contribution < -0.4 is 10.6 Å². The van der Waals surface area contributed by atoms with Crippen molar-refractivity contribution in [2.75, 3.05) is 26.2 Å². The minimum absolute atomic E-state index is 0. The van der Waals surface area contributed by atoms with Crippen LogP contribution >= 0.6 is 24.0 Å². The van der Waals surface area contributed by atoms with Crippen LogP contribution in [-0.4, -0.2) is 55.2 Å². The van der Waals surface area contributed by atoms with Gasteiger partial charge in [0.25, 0.3) is 0 Å². The van der Waals surface area contributed by atoms with E-state index in [1.807, 2.05) is 18.2 Å². The average Bonchev–Trinajstić information content (AvgIpc) is 3.39. The topological polar surface area (TPSA) is 48.9 Å². The molecule has 1 aromatic carbocycles. The second-order valence-corrected chi connectivity index (χ2v) is 7.15. The van der Waals surface area contributed by atoms with Gasteiger partial charge in [0.05, 0.1) is 19.8 Å². The molecule has 1 aliphatic heterocycles. The van der Waals surface area contributed by atoms with E-state index in [0.717, 1.165) is 25.1 Å². The van der Waals surface area contributed by atoms with Gasteiger partial charge in [-0.1, -0.05) is 30.3 Å². The number of rotatable bonds is 8. The monoisotopic (exact) mass is 472 g/mol. The standard InChI is InChI=1S/C20H32N4O.HI/c1-3-21-20(22-11-12-25-15-17-7-5-4-6-8-17)23-18-13-16(2)24(14-18)19-9-10-19;/h4-8,16,18-19H,3,9-15H2,1-2H3,(H2,21,22,23);1H. The first-order valence-electron chi connectivity index (χ1n) is 9.68. The highest BCUT2D eigenvalue weighted by Gasteiger charge is 2.38. The maximum absolute atomic E-state index is 5.72. The van der Waals surface area contributed by atoms with Crippen molar-refractivity contribution < 1.29 is 4.74 Å². The maximum atomic E-state index is 5.72. The van der Waals surface area contributed by atoms with E-state index in [1.165, 1.54) is 24.8 Å². The van der Waals surface area contributed by atoms with Gasteiger partial charge < -0.3 is 15.4 Å². The fraction of sp³-hybridized carbons (Fsp3) is 0.650. The number of hydrogen-bond acceptors (Lipinski definition) is 3. The number of nitrogens with one attached hydrogen (secondary N) is 2. The Morgan fingerprint density at radius 1 is 1.27 bits per heavy atom. The quantitative estimate of drug-likeness (QED) is 0.265. The van der Waals surface area contributed by atoms with Crippen molar-refractivity contribution >= 4 is 29.9 Å². The minimum Gasteiger partial charge on any atom is -0.375 e. The molecule has 2 atom stereocenters. The van der Waals surface area contributed by atoms with Gasteiger partial charge in [0, 0.05) is 31.2 Å². The lowest BCUT2D eigenvalue weighted by atomic mass is 10.2. The van der Waals surface area contributed by atoms with Gasteiger partial charge in [-0.05, 0) is 38.7 Å². The Morgan fingerprint density at radius 2 is 2.04 bits per heavy atom. The normalized spacial score (nSPS) is 23.5. The summed E-state index contributed by atoms with van der Waals surface area (Å²) in [6.07, 6.45) is 3.96. The second kappa shape index (κ2) is 11.1. The van der Waals surface area contributed by atoms with Crippen LogP contribution in [0.25, 0.3) is 0 Å². The maximum Gasteiger partial charge on any atom is 0.191 e. The molecule has 2 fully saturated rings. The van der Waals surface area contributed by atoms with Crippen molar-refractivity contribution in [2.24, 2.45) is 4.99 Å². The average molecular weight is 472 g/mol. The molecular formula is C20H33IN4O. The Kier molecular flexibility index (Phi) is 9.15. The number of ether oxygens (including phenoxy) is 1. The van der Waals surface area contributed by atoms with E-state index in [4.69, 9.17) is 4.74 Å². The number of aliphatic imine (C=N–C) groups is 1. The minimum atomic E-state index is 0. The fourth-order valence-corrected chi connectivity index (χ4v) is 3.58. The molecule has 1 aliphatic carbocycles. The lowest BCUT2D eigenvalue weighted by Gasteiger charge is -2.20. The molecule has 3 rings (SSSR count). The van der Waals surface area contributed by atoms with Crippen LogP contribution in [0.3, 0.4) is 0 Å². The number of halogens is 1. The van der Waals surface area contributed by atoms with Crippen LogP contribution in [0, 0.1) is 0 Å². The molecule has 1 saturated heterocycles. The lowest BCUT2D eigenvalue weighted by Crippen LogP contribution is -2.45. The Morgan fingerprint density at radius 3 is 2.73 bits per heavy atom. The smallest absolute Gasteiger partial charge is 0.191 e. The van der Waals surface area contributed by atoms with Gasteiger partial charge in [-0.25, -0.2) is 0 Å². The summed E-state index contributed by atoms with van der Waals surface area (Å²) < 4.78 is 5.72. The van der Waals surface area contributed by atoms with Gasteiger partial charge >= 0.3 is 0 Å². The Balaban J connectivity index is 0.00000243. The molecule has 2 aliphatic rings. The van der Waals surface area contributed by atoms with Crippen molar-refractivity contribution in [1.29, 1.82) is 0 Å². The number of nitrogens with zero attached hydrogens (tertiary/aromatic N) is 2. The summed E-state index contributed by atoms with van der Waals surface area (Å²) in [5.41, 5.74) is 1.21. The van der Waals surface area contributed by atoms with Crippen molar-refractivity contribution in [3.8, 4) is 0 Å². The molecular weight excluding hydrogens is 439 g/mol. The van der Waals surface area contributed by atoms with Crippen LogP contribution in [0.4, 0.5) is 0 Å². The molecule has 2 N–H and O–H groups in total. The molecule has 1 saturated carbocycles. The van der Waals surface area contributed by atoms with Crippen LogP contribution in [0.2, 0.25) is 0 Å². The number of benzene rings is 1. The Hall–Kier alpha value is -0.860. The summed E-state index contributed by atoms with van der Waals surface area (Å²) >= 11 is 0. The van der Waals surface area contributed by atoms with Gasteiger partial charge in [-0.15, -0.1) is 24.0 Å². The van der Waals surface area contributed by atoms with Gasteiger partial charge in [0.1, 0.15) is 0 Å². The zero-order valence-corrected chi connectivity index (χ0v) is 18.3. The molecule has 0 spiro atoms. The summed E-state index contributed by atoms with van der Waals surface area (Å²) in [7, 11) is 0. The van der Waals surface area contributed by atoms with Crippen molar-refractivity contribution in [2.45, 2.75) is 57.8 Å². The second-order valence-electron chi connectivity index (χ2n) is 7.15. The molecule has 0 amide bonds. The highest BCUT2D eigenvalue weighted by atomic mass is 127. The van der Waals surface area contributed by atoms with Crippen LogP contribution in [-0.2, 0) is 11.3 Å². The molecule has 1 heterocycles. The van der Waals surface area contributed by atoms with E-state index in [1.54, 1.807) is 0 Å². The van der Waals surface area contributed by atoms with Crippen LogP contribution in [0.1, 0.15) is 38.7 Å². The predicted octanol–water partition coefficient (Wildman–Crippen LogP) is 3.00. The third kappa shape index (κ3) is 6.70. The van der Waals surface area contributed by atoms with Gasteiger partial charge in [0.2, 0.25) is 0 Å². The zero-order valence-electron chi connectivity index (χ0n) is 16.0. The number of likely N-dealkylation sites (tertiary alicyclic amines) is 1. The number of guanidine groups is 1. The summed E-state index contributed by atoms with van der Waals surface area (Å²) in [5.74, 6) is 0.917. The largest absolute Gasteiger partial charge is 0.375 e. The summed E-state index contributed by atoms with van der Waals surface area (Å²) in [4.78, 5) is 7.33. The summed E-state index contributed by atoms with van der Waals surface area (Å²) in [6, 6.07) is 12.3. The highest BCUT2D eigenvalue weighted by molar-refractivity contribution is 14.0. The van der Waals surface area contributed by atoms with Crippen LogP contribution in [0.5, 0.6) is 0 Å². The molecule has 0 radical (unpaired) electrons.